The van der Waals surface area contributed by atoms with E-state index in [2.05, 4.69) is 11.4 Å². The molecule has 1 aliphatic carbocycles. The molecule has 1 amide bonds. The summed E-state index contributed by atoms with van der Waals surface area (Å²) in [5.74, 6) is -0.0228. The number of para-hydroxylation sites is 2. The number of allylic oxidation sites excluding steroid dienone is 1. The Hall–Kier alpha value is -2.88. The lowest BCUT2D eigenvalue weighted by atomic mass is 9.97. The molecule has 1 heterocycles. The summed E-state index contributed by atoms with van der Waals surface area (Å²) in [6.07, 6.45) is 8.11. The van der Waals surface area contributed by atoms with Crippen LogP contribution in [-0.4, -0.2) is 17.0 Å². The molecule has 3 aromatic rings. The van der Waals surface area contributed by atoms with Crippen LogP contribution in [0.2, 0.25) is 0 Å². The van der Waals surface area contributed by atoms with Crippen molar-refractivity contribution in [1.29, 1.82) is 0 Å². The van der Waals surface area contributed by atoms with Crippen LogP contribution in [-0.2, 0) is 11.3 Å². The van der Waals surface area contributed by atoms with Gasteiger partial charge in [-0.05, 0) is 56.4 Å². The van der Waals surface area contributed by atoms with Gasteiger partial charge in [-0.15, -0.1) is 0 Å². The van der Waals surface area contributed by atoms with Crippen LogP contribution in [0, 0.1) is 0 Å². The second kappa shape index (κ2) is 7.78. The fraction of sp³-hybridized carbons (Fsp3) is 0.304. The first-order chi connectivity index (χ1) is 13.2. The molecule has 4 heteroatoms. The summed E-state index contributed by atoms with van der Waals surface area (Å²) in [6.45, 7) is 0.876. The van der Waals surface area contributed by atoms with Crippen LogP contribution in [0.15, 0.2) is 65.0 Å². The molecule has 0 fully saturated rings. The number of carbonyl (C=O) groups excluding carboxylic acids is 1. The second-order valence-corrected chi connectivity index (χ2v) is 7.16. The average molecular weight is 360 g/mol. The molecule has 0 atom stereocenters. The fourth-order valence-corrected chi connectivity index (χ4v) is 3.94. The van der Waals surface area contributed by atoms with E-state index in [0.29, 0.717) is 17.3 Å². The van der Waals surface area contributed by atoms with E-state index in [4.69, 9.17) is 0 Å². The third kappa shape index (κ3) is 3.65. The number of rotatable bonds is 5. The maximum atomic E-state index is 12.8. The summed E-state index contributed by atoms with van der Waals surface area (Å²) in [7, 11) is 0. The van der Waals surface area contributed by atoms with Crippen molar-refractivity contribution < 1.29 is 4.79 Å². The number of hydrogen-bond donors (Lipinski definition) is 1. The first kappa shape index (κ1) is 17.5. The number of nitrogens with zero attached hydrogens (tertiary/aromatic N) is 1. The Bertz CT molecular complexity index is 1020. The first-order valence-corrected chi connectivity index (χ1v) is 9.69. The summed E-state index contributed by atoms with van der Waals surface area (Å²) in [6, 6.07) is 15.0. The Kier molecular flexibility index (Phi) is 5.05. The predicted molar refractivity (Wildman–Crippen MR) is 110 cm³/mol. The van der Waals surface area contributed by atoms with Crippen molar-refractivity contribution in [3.8, 4) is 0 Å². The summed E-state index contributed by atoms with van der Waals surface area (Å²) in [5.41, 5.74) is 3.07. The number of hydrogen-bond acceptors (Lipinski definition) is 2. The van der Waals surface area contributed by atoms with Crippen LogP contribution in [0.4, 0.5) is 0 Å². The highest BCUT2D eigenvalue weighted by molar-refractivity contribution is 5.94. The van der Waals surface area contributed by atoms with Crippen molar-refractivity contribution in [2.24, 2.45) is 0 Å². The molecule has 4 nitrogen and oxygen atoms in total. The topological polar surface area (TPSA) is 51.1 Å². The fourth-order valence-electron chi connectivity index (χ4n) is 3.94. The van der Waals surface area contributed by atoms with Gasteiger partial charge in [0.15, 0.2) is 5.43 Å². The maximum absolute atomic E-state index is 12.8. The van der Waals surface area contributed by atoms with Crippen molar-refractivity contribution in [2.75, 3.05) is 6.54 Å². The van der Waals surface area contributed by atoms with Gasteiger partial charge in [-0.2, -0.15) is 0 Å². The smallest absolute Gasteiger partial charge is 0.239 e. The minimum absolute atomic E-state index is 0.0158. The Balaban J connectivity index is 1.58. The van der Waals surface area contributed by atoms with E-state index in [1.165, 1.54) is 24.8 Å². The zero-order valence-electron chi connectivity index (χ0n) is 15.4. The van der Waals surface area contributed by atoms with Gasteiger partial charge < -0.3 is 9.88 Å². The Morgan fingerprint density at radius 2 is 1.63 bits per heavy atom. The molecule has 0 spiro atoms. The lowest BCUT2D eigenvalue weighted by molar-refractivity contribution is -0.121. The third-order valence-electron chi connectivity index (χ3n) is 5.33. The minimum atomic E-state index is -0.0228. The lowest BCUT2D eigenvalue weighted by Crippen LogP contribution is -2.29. The highest BCUT2D eigenvalue weighted by Crippen LogP contribution is 2.20. The summed E-state index contributed by atoms with van der Waals surface area (Å²) in [4.78, 5) is 25.3. The normalized spacial score (nSPS) is 14.3. The van der Waals surface area contributed by atoms with Gasteiger partial charge >= 0.3 is 0 Å². The monoisotopic (exact) mass is 360 g/mol. The Morgan fingerprint density at radius 1 is 0.963 bits per heavy atom. The van der Waals surface area contributed by atoms with E-state index in [9.17, 15) is 9.59 Å². The van der Waals surface area contributed by atoms with Crippen molar-refractivity contribution >= 4 is 27.7 Å². The van der Waals surface area contributed by atoms with E-state index >= 15 is 0 Å². The number of nitrogens with one attached hydrogen (secondary N) is 1. The van der Waals surface area contributed by atoms with Gasteiger partial charge in [0.2, 0.25) is 5.91 Å². The molecule has 27 heavy (non-hydrogen) atoms. The van der Waals surface area contributed by atoms with Crippen LogP contribution in [0.5, 0.6) is 0 Å². The zero-order chi connectivity index (χ0) is 18.6. The molecule has 0 saturated carbocycles. The highest BCUT2D eigenvalue weighted by atomic mass is 16.2. The summed E-state index contributed by atoms with van der Waals surface area (Å²) >= 11 is 0. The van der Waals surface area contributed by atoms with Crippen LogP contribution < -0.4 is 10.7 Å². The second-order valence-electron chi connectivity index (χ2n) is 7.16. The molecule has 2 aromatic carbocycles. The van der Waals surface area contributed by atoms with Gasteiger partial charge in [0, 0.05) is 17.3 Å². The van der Waals surface area contributed by atoms with Crippen LogP contribution in [0.25, 0.3) is 21.8 Å². The summed E-state index contributed by atoms with van der Waals surface area (Å²) in [5, 5.41) is 4.34. The van der Waals surface area contributed by atoms with Gasteiger partial charge in [0.1, 0.15) is 6.54 Å². The highest BCUT2D eigenvalue weighted by Gasteiger charge is 2.13. The molecule has 0 saturated heterocycles. The standard InChI is InChI=1S/C23H24N2O2/c26-22(24-15-14-17-8-2-1-3-9-17)16-25-20-12-6-4-10-18(20)23(27)19-11-5-7-13-21(19)25/h4-8,10-13H,1-3,9,14-16H2,(H,24,26). The number of benzene rings is 2. The quantitative estimate of drug-likeness (QED) is 0.549. The van der Waals surface area contributed by atoms with E-state index in [1.54, 1.807) is 0 Å². The maximum Gasteiger partial charge on any atom is 0.239 e. The summed E-state index contributed by atoms with van der Waals surface area (Å²) < 4.78 is 1.95. The predicted octanol–water partition coefficient (Wildman–Crippen LogP) is 4.16. The number of amides is 1. The molecule has 0 unspecified atom stereocenters. The van der Waals surface area contributed by atoms with E-state index in [1.807, 2.05) is 53.1 Å². The first-order valence-electron chi connectivity index (χ1n) is 9.69. The molecule has 138 valence electrons. The van der Waals surface area contributed by atoms with E-state index in [-0.39, 0.29) is 17.9 Å². The van der Waals surface area contributed by atoms with Gasteiger partial charge in [-0.3, -0.25) is 9.59 Å². The van der Waals surface area contributed by atoms with Crippen molar-refractivity contribution in [1.82, 2.24) is 9.88 Å². The number of aromatic nitrogens is 1. The SMILES string of the molecule is O=C(Cn1c2ccccc2c(=O)c2ccccc21)NCCC1=CCCCC1. The number of pyridine rings is 1. The van der Waals surface area contributed by atoms with Crippen molar-refractivity contribution in [3.05, 3.63) is 70.4 Å². The van der Waals surface area contributed by atoms with Crippen molar-refractivity contribution in [3.63, 3.8) is 0 Å². The molecule has 1 N–H and O–H groups in total. The average Bonchev–Trinajstić information content (AvgIpc) is 2.72. The largest absolute Gasteiger partial charge is 0.354 e. The Morgan fingerprint density at radius 3 is 2.26 bits per heavy atom. The van der Waals surface area contributed by atoms with Gasteiger partial charge in [-0.25, -0.2) is 0 Å². The molecule has 1 aliphatic rings. The molecular formula is C23H24N2O2. The van der Waals surface area contributed by atoms with Gasteiger partial charge in [0.05, 0.1) is 11.0 Å². The number of carbonyl (C=O) groups is 1. The van der Waals surface area contributed by atoms with Crippen LogP contribution in [0.1, 0.15) is 32.1 Å². The molecule has 0 radical (unpaired) electrons. The minimum Gasteiger partial charge on any atom is -0.354 e. The van der Waals surface area contributed by atoms with Crippen molar-refractivity contribution in [2.45, 2.75) is 38.6 Å². The Labute approximate surface area is 158 Å². The number of fused-ring (bicyclic) bond motifs is 2. The van der Waals surface area contributed by atoms with Gasteiger partial charge in [-0.1, -0.05) is 35.9 Å². The van der Waals surface area contributed by atoms with Gasteiger partial charge in [0.25, 0.3) is 0 Å². The van der Waals surface area contributed by atoms with E-state index < -0.39 is 0 Å². The van der Waals surface area contributed by atoms with Crippen LogP contribution >= 0.6 is 0 Å². The lowest BCUT2D eigenvalue weighted by Gasteiger charge is -2.16. The molecule has 0 bridgehead atoms. The zero-order valence-corrected chi connectivity index (χ0v) is 15.4. The molecule has 4 rings (SSSR count). The molecular weight excluding hydrogens is 336 g/mol. The molecule has 0 aliphatic heterocycles. The van der Waals surface area contributed by atoms with Crippen LogP contribution in [0.3, 0.4) is 0 Å². The third-order valence-corrected chi connectivity index (χ3v) is 5.33. The molecule has 1 aromatic heterocycles. The van der Waals surface area contributed by atoms with E-state index in [0.717, 1.165) is 23.9 Å².